The molecule has 0 aliphatic heterocycles. The summed E-state index contributed by atoms with van der Waals surface area (Å²) in [6.07, 6.45) is -2.72. The summed E-state index contributed by atoms with van der Waals surface area (Å²) in [5.41, 5.74) is -2.97. The molecular formula is C6H9O9-3. The molecule has 9 heteroatoms. The van der Waals surface area contributed by atoms with Crippen LogP contribution in [0.4, 0.5) is 0 Å². The summed E-state index contributed by atoms with van der Waals surface area (Å²) < 4.78 is 0. The van der Waals surface area contributed by atoms with Gasteiger partial charge in [0.25, 0.3) is 0 Å². The molecule has 0 aromatic rings. The summed E-state index contributed by atoms with van der Waals surface area (Å²) in [5, 5.41) is 38.9. The minimum absolute atomic E-state index is 0. The largest absolute Gasteiger partial charge is 0.550 e. The van der Waals surface area contributed by atoms with Crippen LogP contribution in [0, 0.1) is 0 Å². The molecule has 0 heterocycles. The molecule has 0 unspecified atom stereocenters. The number of aliphatic hydroxyl groups is 1. The Morgan fingerprint density at radius 3 is 1.33 bits per heavy atom. The van der Waals surface area contributed by atoms with Gasteiger partial charge in [0.15, 0.2) is 0 Å². The molecule has 9 nitrogen and oxygen atoms in total. The van der Waals surface area contributed by atoms with E-state index in [2.05, 4.69) is 0 Å². The number of carbonyl (C=O) groups excluding carboxylic acids is 3. The highest BCUT2D eigenvalue weighted by Crippen LogP contribution is 2.13. The Bertz CT molecular complexity index is 229. The van der Waals surface area contributed by atoms with Crippen LogP contribution >= 0.6 is 0 Å². The van der Waals surface area contributed by atoms with Crippen LogP contribution in [0.25, 0.3) is 0 Å². The lowest BCUT2D eigenvalue weighted by Crippen LogP contribution is -2.54. The van der Waals surface area contributed by atoms with Crippen molar-refractivity contribution in [3.05, 3.63) is 0 Å². The molecule has 0 saturated heterocycles. The minimum atomic E-state index is -2.97. The Morgan fingerprint density at radius 1 is 0.933 bits per heavy atom. The number of carboxylic acid groups (broad SMARTS) is 3. The van der Waals surface area contributed by atoms with Crippen LogP contribution < -0.4 is 15.3 Å². The van der Waals surface area contributed by atoms with Gasteiger partial charge in [-0.1, -0.05) is 0 Å². The van der Waals surface area contributed by atoms with Gasteiger partial charge in [0.2, 0.25) is 0 Å². The standard InChI is InChI=1S/C6H8O7.2H2O/c7-3(8)1-6(13,5(11)12)2-4(9)10;;/h13H,1-2H2,(H,7,8)(H,9,10)(H,11,12);2*1H2/p-3. The van der Waals surface area contributed by atoms with Gasteiger partial charge in [0, 0.05) is 24.8 Å². The molecule has 0 bridgehead atoms. The Balaban J connectivity index is -0.000000720. The van der Waals surface area contributed by atoms with E-state index in [9.17, 15) is 29.7 Å². The van der Waals surface area contributed by atoms with Gasteiger partial charge in [-0.3, -0.25) is 0 Å². The zero-order chi connectivity index (χ0) is 10.6. The van der Waals surface area contributed by atoms with E-state index in [4.69, 9.17) is 5.11 Å². The molecule has 0 amide bonds. The Kier molecular flexibility index (Phi) is 8.47. The van der Waals surface area contributed by atoms with E-state index >= 15 is 0 Å². The van der Waals surface area contributed by atoms with Crippen LogP contribution in [0.1, 0.15) is 12.8 Å². The van der Waals surface area contributed by atoms with Crippen LogP contribution in [0.3, 0.4) is 0 Å². The van der Waals surface area contributed by atoms with E-state index in [-0.39, 0.29) is 11.0 Å². The third kappa shape index (κ3) is 6.37. The van der Waals surface area contributed by atoms with Gasteiger partial charge < -0.3 is 45.8 Å². The lowest BCUT2D eigenvalue weighted by atomic mass is 9.96. The maximum atomic E-state index is 10.1. The lowest BCUT2D eigenvalue weighted by molar-refractivity contribution is -0.339. The van der Waals surface area contributed by atoms with E-state index in [0.717, 1.165) is 0 Å². The third-order valence-electron chi connectivity index (χ3n) is 1.25. The summed E-state index contributed by atoms with van der Waals surface area (Å²) in [5.74, 6) is -5.98. The highest BCUT2D eigenvalue weighted by Gasteiger charge is 2.29. The second kappa shape index (κ2) is 6.70. The van der Waals surface area contributed by atoms with Crippen molar-refractivity contribution in [2.24, 2.45) is 0 Å². The van der Waals surface area contributed by atoms with Gasteiger partial charge in [-0.25, -0.2) is 0 Å². The average Bonchev–Trinajstić information content (AvgIpc) is 1.82. The zero-order valence-corrected chi connectivity index (χ0v) is 7.31. The first-order chi connectivity index (χ1) is 5.78. The van der Waals surface area contributed by atoms with Crippen molar-refractivity contribution < 1.29 is 45.8 Å². The lowest BCUT2D eigenvalue weighted by Gasteiger charge is -2.29. The highest BCUT2D eigenvalue weighted by molar-refractivity contribution is 5.86. The SMILES string of the molecule is O.O.O=C([O-])CC(O)(CC(=O)[O-])C(=O)[O-]. The molecule has 0 aromatic heterocycles. The quantitative estimate of drug-likeness (QED) is 0.477. The molecule has 90 valence electrons. The minimum Gasteiger partial charge on any atom is -0.550 e. The van der Waals surface area contributed by atoms with Crippen LogP contribution in [-0.4, -0.2) is 39.6 Å². The fourth-order valence-corrected chi connectivity index (χ4v) is 0.684. The Morgan fingerprint density at radius 2 is 1.20 bits per heavy atom. The molecule has 0 rings (SSSR count). The van der Waals surface area contributed by atoms with Gasteiger partial charge in [-0.15, -0.1) is 0 Å². The molecule has 0 atom stereocenters. The normalized spacial score (nSPS) is 9.40. The molecule has 0 aliphatic rings. The van der Waals surface area contributed by atoms with Crippen molar-refractivity contribution in [1.29, 1.82) is 0 Å². The summed E-state index contributed by atoms with van der Waals surface area (Å²) in [6, 6.07) is 0. The van der Waals surface area contributed by atoms with Crippen LogP contribution in [0.2, 0.25) is 0 Å². The molecule has 0 aromatic carbocycles. The smallest absolute Gasteiger partial charge is 0.114 e. The first kappa shape index (κ1) is 19.0. The topological polar surface area (TPSA) is 204 Å². The Labute approximate surface area is 83.2 Å². The fourth-order valence-electron chi connectivity index (χ4n) is 0.684. The second-order valence-corrected chi connectivity index (χ2v) is 2.42. The predicted octanol–water partition coefficient (Wildman–Crippen LogP) is -6.90. The number of hydrogen-bond donors (Lipinski definition) is 1. The zero-order valence-electron chi connectivity index (χ0n) is 7.31. The molecule has 15 heavy (non-hydrogen) atoms. The fraction of sp³-hybridized carbons (Fsp3) is 0.500. The number of aliphatic carboxylic acids is 3. The van der Waals surface area contributed by atoms with Crippen LogP contribution in [-0.2, 0) is 14.4 Å². The van der Waals surface area contributed by atoms with E-state index in [0.29, 0.717) is 0 Å². The van der Waals surface area contributed by atoms with Crippen molar-refractivity contribution in [1.82, 2.24) is 0 Å². The molecule has 0 aliphatic carbocycles. The van der Waals surface area contributed by atoms with Crippen LogP contribution in [0.5, 0.6) is 0 Å². The second-order valence-electron chi connectivity index (χ2n) is 2.42. The molecule has 0 spiro atoms. The van der Waals surface area contributed by atoms with Crippen molar-refractivity contribution in [2.75, 3.05) is 0 Å². The van der Waals surface area contributed by atoms with Gasteiger partial charge in [-0.05, 0) is 0 Å². The summed E-state index contributed by atoms with van der Waals surface area (Å²) in [7, 11) is 0. The number of hydrogen-bond acceptors (Lipinski definition) is 7. The molecular weight excluding hydrogens is 216 g/mol. The van der Waals surface area contributed by atoms with Gasteiger partial charge in [0.1, 0.15) is 5.60 Å². The summed E-state index contributed by atoms with van der Waals surface area (Å²) in [6.45, 7) is 0. The van der Waals surface area contributed by atoms with E-state index in [1.165, 1.54) is 0 Å². The monoisotopic (exact) mass is 225 g/mol. The molecule has 0 radical (unpaired) electrons. The summed E-state index contributed by atoms with van der Waals surface area (Å²) >= 11 is 0. The molecule has 5 N–H and O–H groups in total. The number of carbonyl (C=O) groups is 3. The maximum Gasteiger partial charge on any atom is 0.114 e. The first-order valence-corrected chi connectivity index (χ1v) is 3.11. The van der Waals surface area contributed by atoms with Gasteiger partial charge in [-0.2, -0.15) is 0 Å². The molecule has 0 fully saturated rings. The van der Waals surface area contributed by atoms with E-state index in [1.807, 2.05) is 0 Å². The predicted molar refractivity (Wildman–Crippen MR) is 36.4 cm³/mol. The van der Waals surface area contributed by atoms with Crippen LogP contribution in [0.15, 0.2) is 0 Å². The van der Waals surface area contributed by atoms with Crippen molar-refractivity contribution in [2.45, 2.75) is 18.4 Å². The van der Waals surface area contributed by atoms with E-state index < -0.39 is 36.4 Å². The van der Waals surface area contributed by atoms with Crippen molar-refractivity contribution >= 4 is 17.9 Å². The number of carboxylic acids is 3. The van der Waals surface area contributed by atoms with Gasteiger partial charge >= 0.3 is 0 Å². The van der Waals surface area contributed by atoms with E-state index in [1.54, 1.807) is 0 Å². The maximum absolute atomic E-state index is 10.1. The molecule has 0 saturated carbocycles. The highest BCUT2D eigenvalue weighted by atomic mass is 16.4. The summed E-state index contributed by atoms with van der Waals surface area (Å²) in [4.78, 5) is 30.0. The number of rotatable bonds is 5. The van der Waals surface area contributed by atoms with Gasteiger partial charge in [0.05, 0.1) is 5.97 Å². The van der Waals surface area contributed by atoms with Crippen molar-refractivity contribution in [3.63, 3.8) is 0 Å². The van der Waals surface area contributed by atoms with Crippen molar-refractivity contribution in [3.8, 4) is 0 Å². The third-order valence-corrected chi connectivity index (χ3v) is 1.25. The Hall–Kier alpha value is -1.71. The average molecular weight is 225 g/mol. The first-order valence-electron chi connectivity index (χ1n) is 3.11.